The van der Waals surface area contributed by atoms with Crippen LogP contribution in [0.5, 0.6) is 0 Å². The quantitative estimate of drug-likeness (QED) is 0.852. The van der Waals surface area contributed by atoms with Crippen molar-refractivity contribution >= 4 is 22.0 Å². The molecule has 1 aliphatic heterocycles. The summed E-state index contributed by atoms with van der Waals surface area (Å²) in [5.41, 5.74) is 0.902. The number of primary sulfonamides is 1. The standard InChI is InChI=1S/C15H21N3O5S/c1-3-23-15(20)18-6-4-17(5-7-18)14(19)12-8-11(2)9-13(10-12)24(16,21)22/h8-10H,3-7H2,1-2H3,(H2,16,21,22). The topological polar surface area (TPSA) is 110 Å². The summed E-state index contributed by atoms with van der Waals surface area (Å²) in [6.07, 6.45) is -0.392. The first-order chi connectivity index (χ1) is 11.2. The molecular weight excluding hydrogens is 334 g/mol. The van der Waals surface area contributed by atoms with E-state index < -0.39 is 16.1 Å². The number of piperazine rings is 1. The number of sulfonamides is 1. The molecule has 0 bridgehead atoms. The Labute approximate surface area is 141 Å². The van der Waals surface area contributed by atoms with Crippen LogP contribution in [-0.2, 0) is 14.8 Å². The van der Waals surface area contributed by atoms with Crippen LogP contribution >= 0.6 is 0 Å². The maximum absolute atomic E-state index is 12.6. The van der Waals surface area contributed by atoms with Crippen molar-refractivity contribution in [1.82, 2.24) is 9.80 Å². The van der Waals surface area contributed by atoms with Gasteiger partial charge >= 0.3 is 6.09 Å². The molecule has 24 heavy (non-hydrogen) atoms. The van der Waals surface area contributed by atoms with E-state index in [9.17, 15) is 18.0 Å². The smallest absolute Gasteiger partial charge is 0.409 e. The Kier molecular flexibility index (Phi) is 5.45. The number of hydrogen-bond acceptors (Lipinski definition) is 5. The van der Waals surface area contributed by atoms with Crippen LogP contribution in [-0.4, -0.2) is 63.0 Å². The summed E-state index contributed by atoms with van der Waals surface area (Å²) in [5, 5.41) is 5.14. The molecule has 132 valence electrons. The van der Waals surface area contributed by atoms with Crippen molar-refractivity contribution in [2.75, 3.05) is 32.8 Å². The predicted molar refractivity (Wildman–Crippen MR) is 87.1 cm³/mol. The van der Waals surface area contributed by atoms with Crippen LogP contribution in [0.1, 0.15) is 22.8 Å². The van der Waals surface area contributed by atoms with Gasteiger partial charge in [-0.25, -0.2) is 18.4 Å². The van der Waals surface area contributed by atoms with E-state index in [-0.39, 0.29) is 16.4 Å². The molecule has 1 aromatic carbocycles. The van der Waals surface area contributed by atoms with Gasteiger partial charge in [-0.15, -0.1) is 0 Å². The predicted octanol–water partition coefficient (Wildman–Crippen LogP) is 0.557. The number of ether oxygens (including phenoxy) is 1. The maximum Gasteiger partial charge on any atom is 0.409 e. The van der Waals surface area contributed by atoms with E-state index >= 15 is 0 Å². The van der Waals surface area contributed by atoms with Gasteiger partial charge in [0.1, 0.15) is 0 Å². The lowest BCUT2D eigenvalue weighted by Crippen LogP contribution is -2.50. The van der Waals surface area contributed by atoms with Gasteiger partial charge in [0.25, 0.3) is 5.91 Å². The largest absolute Gasteiger partial charge is 0.450 e. The third-order valence-electron chi connectivity index (χ3n) is 3.72. The van der Waals surface area contributed by atoms with Gasteiger partial charge in [0.2, 0.25) is 10.0 Å². The van der Waals surface area contributed by atoms with Crippen LogP contribution in [0.25, 0.3) is 0 Å². The Hall–Kier alpha value is -2.13. The summed E-state index contributed by atoms with van der Waals surface area (Å²) < 4.78 is 28.0. The molecule has 0 spiro atoms. The Morgan fingerprint density at radius 3 is 2.25 bits per heavy atom. The van der Waals surface area contributed by atoms with Gasteiger partial charge in [-0.05, 0) is 37.6 Å². The zero-order chi connectivity index (χ0) is 17.9. The summed E-state index contributed by atoms with van der Waals surface area (Å²) in [6.45, 7) is 5.20. The lowest BCUT2D eigenvalue weighted by molar-refractivity contribution is 0.0570. The fraction of sp³-hybridized carbons (Fsp3) is 0.467. The van der Waals surface area contributed by atoms with E-state index in [1.807, 2.05) is 0 Å². The van der Waals surface area contributed by atoms with E-state index in [1.54, 1.807) is 29.7 Å². The van der Waals surface area contributed by atoms with Crippen molar-refractivity contribution in [2.24, 2.45) is 5.14 Å². The van der Waals surface area contributed by atoms with Crippen LogP contribution in [0.3, 0.4) is 0 Å². The average molecular weight is 355 g/mol. The first-order valence-corrected chi connectivity index (χ1v) is 9.12. The van der Waals surface area contributed by atoms with Crippen LogP contribution in [0.4, 0.5) is 4.79 Å². The fourth-order valence-electron chi connectivity index (χ4n) is 2.53. The Balaban J connectivity index is 2.11. The summed E-state index contributed by atoms with van der Waals surface area (Å²) in [6, 6.07) is 4.32. The highest BCUT2D eigenvalue weighted by Crippen LogP contribution is 2.16. The molecule has 0 aliphatic carbocycles. The van der Waals surface area contributed by atoms with E-state index in [0.29, 0.717) is 38.3 Å². The Morgan fingerprint density at radius 2 is 1.71 bits per heavy atom. The molecule has 2 amide bonds. The van der Waals surface area contributed by atoms with Gasteiger partial charge < -0.3 is 14.5 Å². The number of benzene rings is 1. The minimum atomic E-state index is -3.88. The third-order valence-corrected chi connectivity index (χ3v) is 4.61. The molecule has 0 unspecified atom stereocenters. The number of rotatable bonds is 3. The summed E-state index contributed by atoms with van der Waals surface area (Å²) >= 11 is 0. The lowest BCUT2D eigenvalue weighted by Gasteiger charge is -2.34. The number of carbonyl (C=O) groups excluding carboxylic acids is 2. The highest BCUT2D eigenvalue weighted by Gasteiger charge is 2.26. The van der Waals surface area contributed by atoms with E-state index in [2.05, 4.69) is 0 Å². The second-order valence-corrected chi connectivity index (χ2v) is 7.12. The number of hydrogen-bond donors (Lipinski definition) is 1. The van der Waals surface area contributed by atoms with Crippen molar-refractivity contribution in [3.63, 3.8) is 0 Å². The third kappa shape index (κ3) is 4.24. The van der Waals surface area contributed by atoms with Crippen molar-refractivity contribution in [1.29, 1.82) is 0 Å². The zero-order valence-electron chi connectivity index (χ0n) is 13.7. The fourth-order valence-corrected chi connectivity index (χ4v) is 3.17. The Morgan fingerprint density at radius 1 is 1.12 bits per heavy atom. The van der Waals surface area contributed by atoms with Crippen molar-refractivity contribution in [3.05, 3.63) is 29.3 Å². The van der Waals surface area contributed by atoms with Crippen LogP contribution in [0.15, 0.2) is 23.1 Å². The van der Waals surface area contributed by atoms with Crippen LogP contribution in [0, 0.1) is 6.92 Å². The summed E-state index contributed by atoms with van der Waals surface area (Å²) in [5.74, 6) is -0.285. The maximum atomic E-state index is 12.6. The van der Waals surface area contributed by atoms with Crippen LogP contribution < -0.4 is 5.14 Å². The number of amides is 2. The van der Waals surface area contributed by atoms with Gasteiger partial charge in [-0.2, -0.15) is 0 Å². The lowest BCUT2D eigenvalue weighted by atomic mass is 10.1. The first kappa shape index (κ1) is 18.2. The van der Waals surface area contributed by atoms with E-state index in [4.69, 9.17) is 9.88 Å². The molecule has 0 radical (unpaired) electrons. The SMILES string of the molecule is CCOC(=O)N1CCN(C(=O)c2cc(C)cc(S(N)(=O)=O)c2)CC1. The normalized spacial score (nSPS) is 15.3. The number of nitrogens with two attached hydrogens (primary N) is 1. The average Bonchev–Trinajstić information content (AvgIpc) is 2.53. The molecular formula is C15H21N3O5S. The zero-order valence-corrected chi connectivity index (χ0v) is 14.5. The number of carbonyl (C=O) groups is 2. The van der Waals surface area contributed by atoms with Gasteiger partial charge in [-0.1, -0.05) is 0 Å². The molecule has 1 fully saturated rings. The molecule has 1 aliphatic rings. The minimum Gasteiger partial charge on any atom is -0.450 e. The molecule has 9 heteroatoms. The number of aryl methyl sites for hydroxylation is 1. The first-order valence-electron chi connectivity index (χ1n) is 7.58. The molecule has 2 rings (SSSR count). The van der Waals surface area contributed by atoms with Gasteiger partial charge in [-0.3, -0.25) is 4.79 Å². The van der Waals surface area contributed by atoms with E-state index in [0.717, 1.165) is 0 Å². The van der Waals surface area contributed by atoms with Crippen molar-refractivity contribution in [3.8, 4) is 0 Å². The van der Waals surface area contributed by atoms with Gasteiger partial charge in [0.05, 0.1) is 11.5 Å². The highest BCUT2D eigenvalue weighted by molar-refractivity contribution is 7.89. The monoisotopic (exact) mass is 355 g/mol. The molecule has 1 saturated heterocycles. The molecule has 2 N–H and O–H groups in total. The highest BCUT2D eigenvalue weighted by atomic mass is 32.2. The van der Waals surface area contributed by atoms with Gasteiger partial charge in [0.15, 0.2) is 0 Å². The second kappa shape index (κ2) is 7.18. The summed E-state index contributed by atoms with van der Waals surface area (Å²) in [7, 11) is -3.88. The van der Waals surface area contributed by atoms with E-state index in [1.165, 1.54) is 12.1 Å². The second-order valence-electron chi connectivity index (χ2n) is 5.56. The number of nitrogens with zero attached hydrogens (tertiary/aromatic N) is 2. The van der Waals surface area contributed by atoms with Crippen LogP contribution in [0.2, 0.25) is 0 Å². The Bertz CT molecular complexity index is 739. The molecule has 0 saturated carbocycles. The van der Waals surface area contributed by atoms with Crippen molar-refractivity contribution < 1.29 is 22.7 Å². The minimum absolute atomic E-state index is 0.0870. The molecule has 0 aromatic heterocycles. The van der Waals surface area contributed by atoms with Crippen molar-refractivity contribution in [2.45, 2.75) is 18.7 Å². The molecule has 0 atom stereocenters. The van der Waals surface area contributed by atoms with Gasteiger partial charge in [0, 0.05) is 31.7 Å². The molecule has 1 heterocycles. The molecule has 1 aromatic rings. The summed E-state index contributed by atoms with van der Waals surface area (Å²) in [4.78, 5) is 27.3. The molecule has 8 nitrogen and oxygen atoms in total.